The smallest absolute Gasteiger partial charge is 0.338 e. The molecule has 1 N–H and O–H groups in total. The van der Waals surface area contributed by atoms with Crippen LogP contribution in [0.15, 0.2) is 29.4 Å². The minimum absolute atomic E-state index is 0.143. The number of esters is 1. The topological polar surface area (TPSA) is 86.1 Å². The summed E-state index contributed by atoms with van der Waals surface area (Å²) in [4.78, 5) is 23.8. The fraction of sp³-hybridized carbons (Fsp3) is 0.444. The predicted octanol–water partition coefficient (Wildman–Crippen LogP) is 3.33. The van der Waals surface area contributed by atoms with Crippen molar-refractivity contribution in [3.05, 3.63) is 35.7 Å². The molecule has 0 atom stereocenters. The van der Waals surface area contributed by atoms with Crippen molar-refractivity contribution in [2.45, 2.75) is 45.3 Å². The van der Waals surface area contributed by atoms with Crippen LogP contribution in [0.25, 0.3) is 0 Å². The van der Waals surface area contributed by atoms with Crippen molar-refractivity contribution in [2.24, 2.45) is 0 Å². The molecule has 1 aromatic heterocycles. The van der Waals surface area contributed by atoms with Crippen LogP contribution < -0.4 is 5.32 Å². The van der Waals surface area contributed by atoms with Crippen LogP contribution >= 0.6 is 11.8 Å². The Kier molecular flexibility index (Phi) is 7.20. The molecule has 0 aliphatic rings. The Hall–Kier alpha value is -2.35. The van der Waals surface area contributed by atoms with Gasteiger partial charge in [-0.3, -0.25) is 4.79 Å². The highest BCUT2D eigenvalue weighted by Crippen LogP contribution is 2.22. The average Bonchev–Trinajstić information content (AvgIpc) is 3.04. The highest BCUT2D eigenvalue weighted by atomic mass is 32.2. The molecule has 1 heterocycles. The van der Waals surface area contributed by atoms with Crippen LogP contribution in [0.3, 0.4) is 0 Å². The number of carbonyl (C=O) groups is 2. The molecule has 1 amide bonds. The Morgan fingerprint density at radius 1 is 1.19 bits per heavy atom. The molecule has 0 radical (unpaired) electrons. The van der Waals surface area contributed by atoms with Gasteiger partial charge in [0.1, 0.15) is 5.82 Å². The number of benzene rings is 1. The Labute approximate surface area is 157 Å². The Bertz CT molecular complexity index is 756. The molecule has 0 fully saturated rings. The molecule has 2 aromatic rings. The molecule has 8 heteroatoms. The molecule has 0 saturated heterocycles. The van der Waals surface area contributed by atoms with Crippen LogP contribution in [0.2, 0.25) is 0 Å². The Morgan fingerprint density at radius 3 is 2.46 bits per heavy atom. The number of carbonyl (C=O) groups excluding carboxylic acids is 2. The number of aryl methyl sites for hydroxylation is 1. The standard InChI is InChI=1S/C18H24N4O3S/c1-5-15-20-21-18(22(15)12(3)4)26-11-16(23)19-14-9-7-13(8-10-14)17(24)25-6-2/h7-10,12H,5-6,11H2,1-4H3,(H,19,23). The van der Waals surface area contributed by atoms with E-state index in [1.165, 1.54) is 11.8 Å². The van der Waals surface area contributed by atoms with E-state index in [2.05, 4.69) is 29.4 Å². The first-order chi connectivity index (χ1) is 12.5. The van der Waals surface area contributed by atoms with Crippen LogP contribution in [0.1, 0.15) is 49.9 Å². The number of amides is 1. The fourth-order valence-corrected chi connectivity index (χ4v) is 3.28. The van der Waals surface area contributed by atoms with Gasteiger partial charge in [-0.2, -0.15) is 0 Å². The second-order valence-corrected chi connectivity index (χ2v) is 6.79. The third-order valence-corrected chi connectivity index (χ3v) is 4.52. The van der Waals surface area contributed by atoms with Gasteiger partial charge < -0.3 is 14.6 Å². The van der Waals surface area contributed by atoms with E-state index in [1.54, 1.807) is 31.2 Å². The maximum Gasteiger partial charge on any atom is 0.338 e. The monoisotopic (exact) mass is 376 g/mol. The molecule has 0 spiro atoms. The summed E-state index contributed by atoms with van der Waals surface area (Å²) in [5.74, 6) is 0.627. The summed E-state index contributed by atoms with van der Waals surface area (Å²) < 4.78 is 6.98. The molecule has 1 aromatic carbocycles. The molecule has 0 saturated carbocycles. The predicted molar refractivity (Wildman–Crippen MR) is 102 cm³/mol. The van der Waals surface area contributed by atoms with Gasteiger partial charge in [0.15, 0.2) is 5.16 Å². The van der Waals surface area contributed by atoms with Crippen molar-refractivity contribution in [3.63, 3.8) is 0 Å². The second kappa shape index (κ2) is 9.38. The first-order valence-corrected chi connectivity index (χ1v) is 9.58. The highest BCUT2D eigenvalue weighted by molar-refractivity contribution is 7.99. The number of rotatable bonds is 8. The van der Waals surface area contributed by atoms with Gasteiger partial charge in [-0.25, -0.2) is 4.79 Å². The van der Waals surface area contributed by atoms with Crippen molar-refractivity contribution in [3.8, 4) is 0 Å². The first kappa shape index (κ1) is 20.0. The molecule has 0 bridgehead atoms. The SMILES string of the molecule is CCOC(=O)c1ccc(NC(=O)CSc2nnc(CC)n2C(C)C)cc1. The van der Waals surface area contributed by atoms with Gasteiger partial charge in [-0.05, 0) is 45.0 Å². The second-order valence-electron chi connectivity index (χ2n) is 5.85. The summed E-state index contributed by atoms with van der Waals surface area (Å²) in [7, 11) is 0. The van der Waals surface area contributed by atoms with Crippen molar-refractivity contribution in [2.75, 3.05) is 17.7 Å². The third kappa shape index (κ3) is 5.08. The quantitative estimate of drug-likeness (QED) is 0.562. The van der Waals surface area contributed by atoms with E-state index < -0.39 is 0 Å². The van der Waals surface area contributed by atoms with Crippen molar-refractivity contribution >= 4 is 29.3 Å². The fourth-order valence-electron chi connectivity index (χ4n) is 2.40. The van der Waals surface area contributed by atoms with Crippen LogP contribution in [0.5, 0.6) is 0 Å². The van der Waals surface area contributed by atoms with Gasteiger partial charge >= 0.3 is 5.97 Å². The number of thioether (sulfide) groups is 1. The number of ether oxygens (including phenoxy) is 1. The maximum absolute atomic E-state index is 12.2. The van der Waals surface area contributed by atoms with Gasteiger partial charge in [0, 0.05) is 18.2 Å². The lowest BCUT2D eigenvalue weighted by molar-refractivity contribution is -0.113. The van der Waals surface area contributed by atoms with Gasteiger partial charge in [-0.1, -0.05) is 18.7 Å². The maximum atomic E-state index is 12.2. The van der Waals surface area contributed by atoms with E-state index in [0.717, 1.165) is 17.4 Å². The summed E-state index contributed by atoms with van der Waals surface area (Å²) in [5.41, 5.74) is 1.08. The van der Waals surface area contributed by atoms with Crippen LogP contribution in [-0.2, 0) is 16.0 Å². The van der Waals surface area contributed by atoms with Crippen LogP contribution in [0.4, 0.5) is 5.69 Å². The van der Waals surface area contributed by atoms with Gasteiger partial charge in [0.2, 0.25) is 5.91 Å². The van der Waals surface area contributed by atoms with E-state index >= 15 is 0 Å². The van der Waals surface area contributed by atoms with E-state index in [9.17, 15) is 9.59 Å². The number of nitrogens with one attached hydrogen (secondary N) is 1. The van der Waals surface area contributed by atoms with E-state index in [-0.39, 0.29) is 23.7 Å². The van der Waals surface area contributed by atoms with E-state index in [4.69, 9.17) is 4.74 Å². The number of hydrogen-bond acceptors (Lipinski definition) is 6. The minimum Gasteiger partial charge on any atom is -0.462 e. The summed E-state index contributed by atoms with van der Waals surface area (Å²) in [6.45, 7) is 8.25. The summed E-state index contributed by atoms with van der Waals surface area (Å²) >= 11 is 1.36. The van der Waals surface area contributed by atoms with Crippen molar-refractivity contribution < 1.29 is 14.3 Å². The van der Waals surface area contributed by atoms with Crippen LogP contribution in [-0.4, -0.2) is 39.0 Å². The number of aromatic nitrogens is 3. The van der Waals surface area contributed by atoms with Crippen molar-refractivity contribution in [1.82, 2.24) is 14.8 Å². The summed E-state index contributed by atoms with van der Waals surface area (Å²) in [6.07, 6.45) is 0.796. The molecular weight excluding hydrogens is 352 g/mol. The van der Waals surface area contributed by atoms with Gasteiger partial charge in [0.05, 0.1) is 17.9 Å². The molecule has 0 aliphatic heterocycles. The highest BCUT2D eigenvalue weighted by Gasteiger charge is 2.15. The average molecular weight is 376 g/mol. The normalized spacial score (nSPS) is 10.8. The summed E-state index contributed by atoms with van der Waals surface area (Å²) in [5, 5.41) is 11.9. The molecule has 2 rings (SSSR count). The molecule has 7 nitrogen and oxygen atoms in total. The molecule has 0 aliphatic carbocycles. The lowest BCUT2D eigenvalue weighted by atomic mass is 10.2. The van der Waals surface area contributed by atoms with E-state index in [0.29, 0.717) is 17.9 Å². The molecule has 0 unspecified atom stereocenters. The van der Waals surface area contributed by atoms with Gasteiger partial charge in [0.25, 0.3) is 0 Å². The van der Waals surface area contributed by atoms with Crippen molar-refractivity contribution in [1.29, 1.82) is 0 Å². The lowest BCUT2D eigenvalue weighted by Gasteiger charge is -2.12. The van der Waals surface area contributed by atoms with E-state index in [1.807, 2.05) is 11.5 Å². The molecule has 26 heavy (non-hydrogen) atoms. The minimum atomic E-state index is -0.374. The first-order valence-electron chi connectivity index (χ1n) is 8.59. The zero-order valence-corrected chi connectivity index (χ0v) is 16.3. The third-order valence-electron chi connectivity index (χ3n) is 3.58. The number of nitrogens with zero attached hydrogens (tertiary/aromatic N) is 3. The zero-order chi connectivity index (χ0) is 19.1. The van der Waals surface area contributed by atoms with Crippen LogP contribution in [0, 0.1) is 0 Å². The largest absolute Gasteiger partial charge is 0.462 e. The number of anilines is 1. The summed E-state index contributed by atoms with van der Waals surface area (Å²) in [6, 6.07) is 6.86. The number of hydrogen-bond donors (Lipinski definition) is 1. The lowest BCUT2D eigenvalue weighted by Crippen LogP contribution is -2.15. The van der Waals surface area contributed by atoms with Gasteiger partial charge in [-0.15, -0.1) is 10.2 Å². The Morgan fingerprint density at radius 2 is 1.88 bits per heavy atom. The zero-order valence-electron chi connectivity index (χ0n) is 15.5. The molecular formula is C18H24N4O3S. The Balaban J connectivity index is 1.93. The molecule has 140 valence electrons.